The van der Waals surface area contributed by atoms with Crippen molar-refractivity contribution in [3.63, 3.8) is 0 Å². The lowest BCUT2D eigenvalue weighted by atomic mass is 9.81. The first-order chi connectivity index (χ1) is 6.23. The highest BCUT2D eigenvalue weighted by molar-refractivity contribution is 4.90. The second-order valence-electron chi connectivity index (χ2n) is 4.36. The molecule has 2 nitrogen and oxygen atoms in total. The van der Waals surface area contributed by atoms with Crippen molar-refractivity contribution in [2.45, 2.75) is 45.6 Å². The molecule has 0 saturated heterocycles. The van der Waals surface area contributed by atoms with Gasteiger partial charge in [0.2, 0.25) is 0 Å². The molecule has 1 saturated carbocycles. The Morgan fingerprint density at radius 2 is 2.00 bits per heavy atom. The van der Waals surface area contributed by atoms with Gasteiger partial charge in [-0.2, -0.15) is 0 Å². The van der Waals surface area contributed by atoms with E-state index in [2.05, 4.69) is 19.2 Å². The van der Waals surface area contributed by atoms with E-state index in [0.717, 1.165) is 13.2 Å². The van der Waals surface area contributed by atoms with E-state index in [4.69, 9.17) is 4.74 Å². The lowest BCUT2D eigenvalue weighted by Gasteiger charge is -2.33. The van der Waals surface area contributed by atoms with Crippen molar-refractivity contribution >= 4 is 0 Å². The molecule has 1 fully saturated rings. The fraction of sp³-hybridized carbons (Fsp3) is 1.00. The Morgan fingerprint density at radius 1 is 1.38 bits per heavy atom. The maximum Gasteiger partial charge on any atom is 0.0624 e. The lowest BCUT2D eigenvalue weighted by Crippen LogP contribution is -2.43. The van der Waals surface area contributed by atoms with Gasteiger partial charge >= 0.3 is 0 Å². The van der Waals surface area contributed by atoms with Gasteiger partial charge in [0.05, 0.1) is 6.61 Å². The van der Waals surface area contributed by atoms with Crippen molar-refractivity contribution in [1.82, 2.24) is 5.32 Å². The summed E-state index contributed by atoms with van der Waals surface area (Å²) in [6.45, 7) is 6.14. The largest absolute Gasteiger partial charge is 0.380 e. The fourth-order valence-corrected chi connectivity index (χ4v) is 2.40. The molecule has 0 spiro atoms. The molecule has 0 bridgehead atoms. The summed E-state index contributed by atoms with van der Waals surface area (Å²) in [7, 11) is 2.05. The molecule has 1 rings (SSSR count). The zero-order valence-electron chi connectivity index (χ0n) is 9.23. The first-order valence-electron chi connectivity index (χ1n) is 5.48. The third kappa shape index (κ3) is 2.68. The van der Waals surface area contributed by atoms with Crippen LogP contribution >= 0.6 is 0 Å². The average molecular weight is 185 g/mol. The van der Waals surface area contributed by atoms with Crippen LogP contribution in [0.25, 0.3) is 0 Å². The number of ether oxygens (including phenoxy) is 1. The van der Waals surface area contributed by atoms with Crippen LogP contribution < -0.4 is 5.32 Å². The van der Waals surface area contributed by atoms with Crippen LogP contribution in [0.1, 0.15) is 39.5 Å². The smallest absolute Gasteiger partial charge is 0.0624 e. The van der Waals surface area contributed by atoms with Gasteiger partial charge in [0.15, 0.2) is 0 Å². The summed E-state index contributed by atoms with van der Waals surface area (Å²) in [5.41, 5.74) is 0.476. The molecule has 0 aromatic carbocycles. The Hall–Kier alpha value is -0.0800. The molecule has 2 heteroatoms. The molecule has 1 unspecified atom stereocenters. The number of nitrogens with one attached hydrogen (secondary N) is 1. The summed E-state index contributed by atoms with van der Waals surface area (Å²) < 4.78 is 5.50. The van der Waals surface area contributed by atoms with Gasteiger partial charge < -0.3 is 10.1 Å². The monoisotopic (exact) mass is 185 g/mol. The van der Waals surface area contributed by atoms with Crippen LogP contribution in [-0.4, -0.2) is 26.3 Å². The Morgan fingerprint density at radius 3 is 2.46 bits per heavy atom. The van der Waals surface area contributed by atoms with E-state index in [-0.39, 0.29) is 0 Å². The number of likely N-dealkylation sites (N-methyl/N-ethyl adjacent to an activating group) is 1. The van der Waals surface area contributed by atoms with Crippen molar-refractivity contribution < 1.29 is 4.74 Å². The van der Waals surface area contributed by atoms with Crippen LogP contribution in [-0.2, 0) is 4.74 Å². The van der Waals surface area contributed by atoms with E-state index < -0.39 is 0 Å². The third-order valence-electron chi connectivity index (χ3n) is 3.42. The molecule has 78 valence electrons. The summed E-state index contributed by atoms with van der Waals surface area (Å²) in [5.74, 6) is 0. The second kappa shape index (κ2) is 4.97. The van der Waals surface area contributed by atoms with Gasteiger partial charge in [-0.15, -0.1) is 0 Å². The molecule has 0 aromatic heterocycles. The first kappa shape index (κ1) is 11.0. The van der Waals surface area contributed by atoms with Crippen molar-refractivity contribution in [1.29, 1.82) is 0 Å². The van der Waals surface area contributed by atoms with E-state index in [0.29, 0.717) is 11.5 Å². The average Bonchev–Trinajstić information content (AvgIpc) is 2.54. The molecule has 1 aliphatic carbocycles. The summed E-state index contributed by atoms with van der Waals surface area (Å²) >= 11 is 0. The van der Waals surface area contributed by atoms with Gasteiger partial charge in [-0.25, -0.2) is 0 Å². The minimum atomic E-state index is 0.476. The zero-order chi connectivity index (χ0) is 9.73. The Kier molecular flexibility index (Phi) is 4.20. The van der Waals surface area contributed by atoms with Crippen molar-refractivity contribution in [3.8, 4) is 0 Å². The van der Waals surface area contributed by atoms with E-state index >= 15 is 0 Å². The highest BCUT2D eigenvalue weighted by atomic mass is 16.5. The van der Waals surface area contributed by atoms with Gasteiger partial charge in [0.25, 0.3) is 0 Å². The summed E-state index contributed by atoms with van der Waals surface area (Å²) in [5, 5.41) is 3.39. The molecule has 1 N–H and O–H groups in total. The van der Waals surface area contributed by atoms with Crippen LogP contribution in [0, 0.1) is 5.41 Å². The highest BCUT2D eigenvalue weighted by Crippen LogP contribution is 2.40. The van der Waals surface area contributed by atoms with Gasteiger partial charge in [-0.3, -0.25) is 0 Å². The first-order valence-corrected chi connectivity index (χ1v) is 5.48. The topological polar surface area (TPSA) is 21.3 Å². The minimum absolute atomic E-state index is 0.476. The Labute approximate surface area is 82.0 Å². The van der Waals surface area contributed by atoms with Crippen molar-refractivity contribution in [2.75, 3.05) is 20.3 Å². The third-order valence-corrected chi connectivity index (χ3v) is 3.42. The van der Waals surface area contributed by atoms with E-state index in [9.17, 15) is 0 Å². The Balaban J connectivity index is 2.43. The van der Waals surface area contributed by atoms with E-state index in [1.165, 1.54) is 25.7 Å². The second-order valence-corrected chi connectivity index (χ2v) is 4.36. The molecule has 13 heavy (non-hydrogen) atoms. The highest BCUT2D eigenvalue weighted by Gasteiger charge is 2.35. The zero-order valence-corrected chi connectivity index (χ0v) is 9.23. The molecule has 0 radical (unpaired) electrons. The number of hydrogen-bond acceptors (Lipinski definition) is 2. The molecular formula is C11H23NO. The number of hydrogen-bond donors (Lipinski definition) is 1. The van der Waals surface area contributed by atoms with Crippen LogP contribution in [0.4, 0.5) is 0 Å². The predicted molar refractivity (Wildman–Crippen MR) is 55.9 cm³/mol. The van der Waals surface area contributed by atoms with Crippen LogP contribution in [0.2, 0.25) is 0 Å². The predicted octanol–water partition coefficient (Wildman–Crippen LogP) is 2.19. The molecular weight excluding hydrogens is 162 g/mol. The van der Waals surface area contributed by atoms with Gasteiger partial charge in [-0.05, 0) is 32.2 Å². The maximum absolute atomic E-state index is 5.50. The van der Waals surface area contributed by atoms with E-state index in [1.54, 1.807) is 0 Å². The number of rotatable bonds is 5. The van der Waals surface area contributed by atoms with Gasteiger partial charge in [0, 0.05) is 12.6 Å². The van der Waals surface area contributed by atoms with Crippen LogP contribution in [0.5, 0.6) is 0 Å². The van der Waals surface area contributed by atoms with Gasteiger partial charge in [0.1, 0.15) is 0 Å². The molecule has 1 atom stereocenters. The normalized spacial score (nSPS) is 23.3. The molecule has 0 aromatic rings. The minimum Gasteiger partial charge on any atom is -0.380 e. The molecule has 1 aliphatic rings. The SMILES string of the molecule is CCOCC(NC)C1(C)CCCC1. The van der Waals surface area contributed by atoms with Crippen molar-refractivity contribution in [2.24, 2.45) is 5.41 Å². The summed E-state index contributed by atoms with van der Waals surface area (Å²) in [4.78, 5) is 0. The summed E-state index contributed by atoms with van der Waals surface area (Å²) in [6.07, 6.45) is 5.48. The quantitative estimate of drug-likeness (QED) is 0.709. The Bertz CT molecular complexity index is 141. The fourth-order valence-electron chi connectivity index (χ4n) is 2.40. The molecule has 0 heterocycles. The molecule has 0 amide bonds. The van der Waals surface area contributed by atoms with Crippen LogP contribution in [0.15, 0.2) is 0 Å². The summed E-state index contributed by atoms with van der Waals surface area (Å²) in [6, 6.07) is 0.537. The molecule has 0 aliphatic heterocycles. The van der Waals surface area contributed by atoms with Gasteiger partial charge in [-0.1, -0.05) is 19.8 Å². The van der Waals surface area contributed by atoms with Crippen LogP contribution in [0.3, 0.4) is 0 Å². The maximum atomic E-state index is 5.50. The van der Waals surface area contributed by atoms with Crippen molar-refractivity contribution in [3.05, 3.63) is 0 Å². The lowest BCUT2D eigenvalue weighted by molar-refractivity contribution is 0.0759. The van der Waals surface area contributed by atoms with E-state index in [1.807, 2.05) is 7.05 Å². The standard InChI is InChI=1S/C11H23NO/c1-4-13-9-10(12-3)11(2)7-5-6-8-11/h10,12H,4-9H2,1-3H3.